The van der Waals surface area contributed by atoms with Gasteiger partial charge in [0.05, 0.1) is 5.75 Å². The van der Waals surface area contributed by atoms with Crippen molar-refractivity contribution in [2.45, 2.75) is 45.0 Å². The van der Waals surface area contributed by atoms with Crippen molar-refractivity contribution in [3.8, 4) is 0 Å². The molecule has 7 heteroatoms. The Bertz CT molecular complexity index is 767. The molecule has 2 aromatic rings. The second-order valence-electron chi connectivity index (χ2n) is 6.20. The molecule has 1 aromatic carbocycles. The van der Waals surface area contributed by atoms with E-state index in [-0.39, 0.29) is 17.7 Å². The number of aryl methyl sites for hydroxylation is 1. The number of hydrogen-bond acceptors (Lipinski definition) is 4. The molecule has 0 bridgehead atoms. The summed E-state index contributed by atoms with van der Waals surface area (Å²) < 4.78 is 26.4. The highest BCUT2D eigenvalue weighted by molar-refractivity contribution is 7.88. The van der Waals surface area contributed by atoms with Crippen LogP contribution in [-0.4, -0.2) is 20.4 Å². The molecule has 0 aliphatic carbocycles. The largest absolute Gasteiger partial charge is 0.352 e. The number of sulfonamides is 1. The highest BCUT2D eigenvalue weighted by Crippen LogP contribution is 2.11. The minimum Gasteiger partial charge on any atom is -0.352 e. The summed E-state index contributed by atoms with van der Waals surface area (Å²) in [4.78, 5) is 13.1. The fraction of sp³-hybridized carbons (Fsp3) is 0.389. The first kappa shape index (κ1) is 19.6. The average Bonchev–Trinajstić information content (AvgIpc) is 3.04. The molecule has 136 valence electrons. The van der Waals surface area contributed by atoms with Crippen LogP contribution in [0.25, 0.3) is 0 Å². The predicted molar refractivity (Wildman–Crippen MR) is 102 cm³/mol. The van der Waals surface area contributed by atoms with Gasteiger partial charge in [-0.15, -0.1) is 11.3 Å². The summed E-state index contributed by atoms with van der Waals surface area (Å²) in [5, 5.41) is 4.90. The molecule has 0 aliphatic rings. The number of thiophene rings is 1. The van der Waals surface area contributed by atoms with Gasteiger partial charge in [-0.3, -0.25) is 4.79 Å². The molecule has 0 saturated heterocycles. The van der Waals surface area contributed by atoms with Crippen LogP contribution in [0.3, 0.4) is 0 Å². The van der Waals surface area contributed by atoms with Crippen molar-refractivity contribution in [2.75, 3.05) is 0 Å². The molecule has 2 N–H and O–H groups in total. The Balaban J connectivity index is 1.79. The van der Waals surface area contributed by atoms with Crippen molar-refractivity contribution >= 4 is 27.3 Å². The summed E-state index contributed by atoms with van der Waals surface area (Å²) in [6.45, 7) is 4.03. The van der Waals surface area contributed by atoms with Crippen LogP contribution in [-0.2, 0) is 33.5 Å². The molecule has 1 heterocycles. The number of carbonyl (C=O) groups excluding carboxylic acids is 1. The van der Waals surface area contributed by atoms with Crippen LogP contribution in [0.15, 0.2) is 41.8 Å². The number of carbonyl (C=O) groups is 1. The zero-order chi connectivity index (χ0) is 18.3. The van der Waals surface area contributed by atoms with Gasteiger partial charge in [0.1, 0.15) is 0 Å². The lowest BCUT2D eigenvalue weighted by atomic mass is 10.1. The van der Waals surface area contributed by atoms with Crippen molar-refractivity contribution in [3.63, 3.8) is 0 Å². The van der Waals surface area contributed by atoms with Crippen LogP contribution < -0.4 is 10.0 Å². The third-order valence-electron chi connectivity index (χ3n) is 3.46. The molecule has 0 spiro atoms. The highest BCUT2D eigenvalue weighted by atomic mass is 32.2. The zero-order valence-electron chi connectivity index (χ0n) is 14.5. The van der Waals surface area contributed by atoms with Crippen LogP contribution in [0.1, 0.15) is 36.3 Å². The van der Waals surface area contributed by atoms with E-state index in [1.807, 2.05) is 29.6 Å². The second kappa shape index (κ2) is 9.12. The normalized spacial score (nSPS) is 11.6. The van der Waals surface area contributed by atoms with E-state index in [0.717, 1.165) is 17.5 Å². The summed E-state index contributed by atoms with van der Waals surface area (Å²) >= 11 is 1.65. The van der Waals surface area contributed by atoms with Crippen LogP contribution in [0.4, 0.5) is 0 Å². The molecule has 0 fully saturated rings. The van der Waals surface area contributed by atoms with Gasteiger partial charge in [0, 0.05) is 23.9 Å². The Morgan fingerprint density at radius 1 is 1.12 bits per heavy atom. The van der Waals surface area contributed by atoms with E-state index in [2.05, 4.69) is 10.0 Å². The SMILES string of the molecule is CC(C)NS(=O)(=O)Cc1ccc(CNC(=O)CCc2cccs2)cc1. The molecule has 1 amide bonds. The van der Waals surface area contributed by atoms with E-state index in [0.29, 0.717) is 13.0 Å². The van der Waals surface area contributed by atoms with Gasteiger partial charge in [0.15, 0.2) is 0 Å². The highest BCUT2D eigenvalue weighted by Gasteiger charge is 2.12. The molecule has 5 nitrogen and oxygen atoms in total. The summed E-state index contributed by atoms with van der Waals surface area (Å²) in [6, 6.07) is 11.2. The first-order valence-corrected chi connectivity index (χ1v) is 10.7. The van der Waals surface area contributed by atoms with E-state index >= 15 is 0 Å². The lowest BCUT2D eigenvalue weighted by molar-refractivity contribution is -0.121. The summed E-state index contributed by atoms with van der Waals surface area (Å²) in [5.74, 6) is -0.0280. The molecular formula is C18H24N2O3S2. The van der Waals surface area contributed by atoms with Gasteiger partial charge in [-0.25, -0.2) is 13.1 Å². The standard InChI is InChI=1S/C18H24N2O3S2/c1-14(2)20-25(22,23)13-16-7-5-15(6-8-16)12-19-18(21)10-9-17-4-3-11-24-17/h3-8,11,14,20H,9-10,12-13H2,1-2H3,(H,19,21). The molecule has 0 aliphatic heterocycles. The fourth-order valence-corrected chi connectivity index (χ4v) is 4.50. The zero-order valence-corrected chi connectivity index (χ0v) is 16.1. The molecule has 0 saturated carbocycles. The molecule has 1 aromatic heterocycles. The molecular weight excluding hydrogens is 356 g/mol. The van der Waals surface area contributed by atoms with Gasteiger partial charge in [-0.1, -0.05) is 30.3 Å². The third-order valence-corrected chi connectivity index (χ3v) is 5.94. The number of amides is 1. The molecule has 0 unspecified atom stereocenters. The van der Waals surface area contributed by atoms with Crippen molar-refractivity contribution in [2.24, 2.45) is 0 Å². The lowest BCUT2D eigenvalue weighted by Crippen LogP contribution is -2.31. The topological polar surface area (TPSA) is 75.3 Å². The minimum absolute atomic E-state index is 0.0150. The van der Waals surface area contributed by atoms with Crippen LogP contribution >= 0.6 is 11.3 Å². The maximum Gasteiger partial charge on any atom is 0.220 e. The van der Waals surface area contributed by atoms with Gasteiger partial charge >= 0.3 is 0 Å². The van der Waals surface area contributed by atoms with E-state index in [4.69, 9.17) is 0 Å². The van der Waals surface area contributed by atoms with Crippen LogP contribution in [0, 0.1) is 0 Å². The summed E-state index contributed by atoms with van der Waals surface area (Å²) in [6.07, 6.45) is 1.22. The molecule has 25 heavy (non-hydrogen) atoms. The van der Waals surface area contributed by atoms with Gasteiger partial charge in [0.25, 0.3) is 0 Å². The summed E-state index contributed by atoms with van der Waals surface area (Å²) in [5.41, 5.74) is 1.67. The minimum atomic E-state index is -3.32. The Kier molecular flexibility index (Phi) is 7.16. The van der Waals surface area contributed by atoms with E-state index in [9.17, 15) is 13.2 Å². The predicted octanol–water partition coefficient (Wildman–Crippen LogP) is 2.82. The Morgan fingerprint density at radius 3 is 2.40 bits per heavy atom. The van der Waals surface area contributed by atoms with Gasteiger partial charge in [-0.2, -0.15) is 0 Å². The Hall–Kier alpha value is -1.70. The van der Waals surface area contributed by atoms with Crippen molar-refractivity contribution < 1.29 is 13.2 Å². The van der Waals surface area contributed by atoms with Gasteiger partial charge in [0.2, 0.25) is 15.9 Å². The van der Waals surface area contributed by atoms with E-state index in [1.54, 1.807) is 37.3 Å². The number of rotatable bonds is 9. The molecule has 0 atom stereocenters. The average molecular weight is 381 g/mol. The number of hydrogen-bond donors (Lipinski definition) is 2. The van der Waals surface area contributed by atoms with Crippen molar-refractivity contribution in [3.05, 3.63) is 57.8 Å². The summed E-state index contributed by atoms with van der Waals surface area (Å²) in [7, 11) is -3.32. The van der Waals surface area contributed by atoms with Crippen LogP contribution in [0.2, 0.25) is 0 Å². The molecule has 2 rings (SSSR count). The van der Waals surface area contributed by atoms with Crippen molar-refractivity contribution in [1.82, 2.24) is 10.0 Å². The molecule has 0 radical (unpaired) electrons. The Labute approximate surface area is 153 Å². The third kappa shape index (κ3) is 7.37. The second-order valence-corrected chi connectivity index (χ2v) is 8.99. The maximum atomic E-state index is 11.9. The quantitative estimate of drug-likeness (QED) is 0.702. The first-order chi connectivity index (χ1) is 11.8. The van der Waals surface area contributed by atoms with Crippen molar-refractivity contribution in [1.29, 1.82) is 0 Å². The number of nitrogens with one attached hydrogen (secondary N) is 2. The fourth-order valence-electron chi connectivity index (χ4n) is 2.35. The number of benzene rings is 1. The lowest BCUT2D eigenvalue weighted by Gasteiger charge is -2.10. The van der Waals surface area contributed by atoms with E-state index in [1.165, 1.54) is 4.88 Å². The smallest absolute Gasteiger partial charge is 0.220 e. The maximum absolute atomic E-state index is 11.9. The van der Waals surface area contributed by atoms with E-state index < -0.39 is 10.0 Å². The monoisotopic (exact) mass is 380 g/mol. The first-order valence-electron chi connectivity index (χ1n) is 8.21. The van der Waals surface area contributed by atoms with Gasteiger partial charge in [-0.05, 0) is 42.8 Å². The van der Waals surface area contributed by atoms with Gasteiger partial charge < -0.3 is 5.32 Å². The van der Waals surface area contributed by atoms with Crippen LogP contribution in [0.5, 0.6) is 0 Å². The Morgan fingerprint density at radius 2 is 1.80 bits per heavy atom.